The lowest BCUT2D eigenvalue weighted by molar-refractivity contribution is -0.678. The number of oxazole rings is 1. The number of para-hydroxylation sites is 4. The molecule has 4 nitrogen and oxygen atoms in total. The fraction of sp³-hybridized carbons (Fsp3) is 0.320. The number of anilines is 1. The predicted molar refractivity (Wildman–Crippen MR) is 118 cm³/mol. The first-order valence-electron chi connectivity index (χ1n) is 10.7. The number of allylic oxidation sites excluding steroid dienone is 2. The Balaban J connectivity index is 1.61. The third-order valence-corrected chi connectivity index (χ3v) is 5.22. The summed E-state index contributed by atoms with van der Waals surface area (Å²) in [6.45, 7) is 6.33. The second kappa shape index (κ2) is 8.99. The molecular weight excluding hydrogens is 360 g/mol. The van der Waals surface area contributed by atoms with Gasteiger partial charge in [-0.15, -0.1) is 0 Å². The monoisotopic (exact) mass is 389 g/mol. The molecule has 0 saturated heterocycles. The fourth-order valence-electron chi connectivity index (χ4n) is 3.66. The molecule has 0 amide bonds. The van der Waals surface area contributed by atoms with Crippen molar-refractivity contribution in [1.82, 2.24) is 0 Å². The van der Waals surface area contributed by atoms with Crippen molar-refractivity contribution in [3.05, 3.63) is 72.5 Å². The summed E-state index contributed by atoms with van der Waals surface area (Å²) in [5, 5.41) is 0. The van der Waals surface area contributed by atoms with Crippen molar-refractivity contribution in [2.45, 2.75) is 46.1 Å². The molecule has 0 fully saturated rings. The molecule has 4 heteroatoms. The van der Waals surface area contributed by atoms with Gasteiger partial charge in [-0.05, 0) is 36.8 Å². The van der Waals surface area contributed by atoms with Crippen LogP contribution in [0.1, 0.15) is 45.4 Å². The molecule has 0 radical (unpaired) electrons. The number of ether oxygens (including phenoxy) is 1. The number of rotatable bonds is 8. The predicted octanol–water partition coefficient (Wildman–Crippen LogP) is 6.07. The molecular formula is C25H29N2O2+. The quantitative estimate of drug-likeness (QED) is 0.438. The Hall–Kier alpha value is -3.01. The zero-order valence-electron chi connectivity index (χ0n) is 17.3. The maximum atomic E-state index is 6.11. The van der Waals surface area contributed by atoms with Gasteiger partial charge in [0.05, 0.1) is 11.8 Å². The van der Waals surface area contributed by atoms with E-state index in [1.807, 2.05) is 42.5 Å². The third-order valence-electron chi connectivity index (χ3n) is 5.22. The molecule has 0 bridgehead atoms. The largest absolute Gasteiger partial charge is 0.439 e. The van der Waals surface area contributed by atoms with Crippen molar-refractivity contribution in [2.75, 3.05) is 11.4 Å². The van der Waals surface area contributed by atoms with E-state index < -0.39 is 0 Å². The molecule has 1 aliphatic rings. The number of aryl methyl sites for hydroxylation is 1. The zero-order valence-corrected chi connectivity index (χ0v) is 17.3. The van der Waals surface area contributed by atoms with Crippen molar-refractivity contribution in [3.63, 3.8) is 0 Å². The molecule has 3 aromatic rings. The number of unbranched alkanes of at least 4 members (excludes halogenated alkanes) is 2. The van der Waals surface area contributed by atoms with Crippen LogP contribution in [0.3, 0.4) is 0 Å². The number of hydrogen-bond acceptors (Lipinski definition) is 3. The van der Waals surface area contributed by atoms with Crippen LogP contribution in [0.2, 0.25) is 0 Å². The highest BCUT2D eigenvalue weighted by atomic mass is 16.5. The van der Waals surface area contributed by atoms with Gasteiger partial charge in [-0.25, -0.2) is 0 Å². The lowest BCUT2D eigenvalue weighted by atomic mass is 10.2. The highest BCUT2D eigenvalue weighted by Crippen LogP contribution is 2.38. The highest BCUT2D eigenvalue weighted by Gasteiger charge is 2.25. The van der Waals surface area contributed by atoms with Gasteiger partial charge in [0.25, 0.3) is 5.52 Å². The van der Waals surface area contributed by atoms with Gasteiger partial charge < -0.3 is 14.1 Å². The summed E-state index contributed by atoms with van der Waals surface area (Å²) < 4.78 is 14.5. The van der Waals surface area contributed by atoms with E-state index in [9.17, 15) is 0 Å². The molecule has 0 spiro atoms. The minimum atomic E-state index is 0.868. The second-order valence-corrected chi connectivity index (χ2v) is 7.35. The Morgan fingerprint density at radius 3 is 2.62 bits per heavy atom. The summed E-state index contributed by atoms with van der Waals surface area (Å²) in [6.07, 6.45) is 10.6. The Bertz CT molecular complexity index is 1030. The van der Waals surface area contributed by atoms with E-state index in [1.54, 1.807) is 0 Å². The maximum Gasteiger partial charge on any atom is 0.374 e. The van der Waals surface area contributed by atoms with Gasteiger partial charge >= 0.3 is 5.89 Å². The van der Waals surface area contributed by atoms with Crippen LogP contribution < -0.4 is 14.2 Å². The molecule has 1 aliphatic heterocycles. The van der Waals surface area contributed by atoms with Crippen LogP contribution in [-0.2, 0) is 6.54 Å². The molecule has 0 N–H and O–H groups in total. The van der Waals surface area contributed by atoms with E-state index in [4.69, 9.17) is 9.15 Å². The Kier molecular flexibility index (Phi) is 5.99. The number of nitrogens with zero attached hydrogens (tertiary/aromatic N) is 2. The summed E-state index contributed by atoms with van der Waals surface area (Å²) in [7, 11) is 0. The van der Waals surface area contributed by atoms with Crippen molar-refractivity contribution < 1.29 is 13.7 Å². The Labute approximate surface area is 172 Å². The number of fused-ring (bicyclic) bond motifs is 2. The van der Waals surface area contributed by atoms with Crippen LogP contribution in [-0.4, -0.2) is 6.54 Å². The van der Waals surface area contributed by atoms with Crippen LogP contribution in [0.4, 0.5) is 5.69 Å². The molecule has 0 saturated carbocycles. The maximum absolute atomic E-state index is 6.11. The van der Waals surface area contributed by atoms with Crippen molar-refractivity contribution in [2.24, 2.45) is 0 Å². The minimum absolute atomic E-state index is 0.868. The summed E-state index contributed by atoms with van der Waals surface area (Å²) in [5.41, 5.74) is 3.20. The molecule has 0 unspecified atom stereocenters. The van der Waals surface area contributed by atoms with Crippen molar-refractivity contribution >= 4 is 22.9 Å². The molecule has 0 atom stereocenters. The fourth-order valence-corrected chi connectivity index (χ4v) is 3.66. The van der Waals surface area contributed by atoms with Crippen LogP contribution in [0, 0.1) is 0 Å². The number of aromatic nitrogens is 1. The smallest absolute Gasteiger partial charge is 0.374 e. The standard InChI is InChI=1S/C25H29N2O2/c1-3-5-18-26-20-12-7-9-14-22(20)28-24(26)16-11-17-25-27(19-6-4-2)21-13-8-10-15-23(21)29-25/h7-17H,3-6,18-19H2,1-2H3/q+1. The van der Waals surface area contributed by atoms with Gasteiger partial charge in [0, 0.05) is 19.0 Å². The van der Waals surface area contributed by atoms with Crippen LogP contribution in [0.15, 0.2) is 71.0 Å². The van der Waals surface area contributed by atoms with E-state index in [-0.39, 0.29) is 0 Å². The summed E-state index contributed by atoms with van der Waals surface area (Å²) >= 11 is 0. The minimum Gasteiger partial charge on any atom is -0.439 e. The Morgan fingerprint density at radius 2 is 1.76 bits per heavy atom. The first kappa shape index (κ1) is 19.3. The lowest BCUT2D eigenvalue weighted by Gasteiger charge is -2.17. The number of benzene rings is 2. The van der Waals surface area contributed by atoms with Gasteiger partial charge in [-0.3, -0.25) is 0 Å². The van der Waals surface area contributed by atoms with Crippen LogP contribution >= 0.6 is 0 Å². The molecule has 1 aromatic heterocycles. The molecule has 2 aromatic carbocycles. The molecule has 4 rings (SSSR count). The van der Waals surface area contributed by atoms with Gasteiger partial charge in [-0.1, -0.05) is 51.0 Å². The Morgan fingerprint density at radius 1 is 0.966 bits per heavy atom. The first-order chi connectivity index (χ1) is 14.3. The molecule has 2 heterocycles. The average Bonchev–Trinajstić information content (AvgIpc) is 3.28. The van der Waals surface area contributed by atoms with Gasteiger partial charge in [0.15, 0.2) is 12.3 Å². The summed E-state index contributed by atoms with van der Waals surface area (Å²) in [4.78, 5) is 2.26. The molecule has 150 valence electrons. The van der Waals surface area contributed by atoms with E-state index in [1.165, 1.54) is 0 Å². The lowest BCUT2D eigenvalue weighted by Crippen LogP contribution is -2.35. The first-order valence-corrected chi connectivity index (χ1v) is 10.7. The van der Waals surface area contributed by atoms with E-state index in [0.29, 0.717) is 0 Å². The van der Waals surface area contributed by atoms with Crippen molar-refractivity contribution in [1.29, 1.82) is 0 Å². The van der Waals surface area contributed by atoms with Crippen molar-refractivity contribution in [3.8, 4) is 5.75 Å². The molecule has 0 aliphatic carbocycles. The highest BCUT2D eigenvalue weighted by molar-refractivity contribution is 5.70. The zero-order chi connectivity index (χ0) is 20.1. The van der Waals surface area contributed by atoms with Gasteiger partial charge in [0.2, 0.25) is 11.5 Å². The number of hydrogen-bond donors (Lipinski definition) is 0. The van der Waals surface area contributed by atoms with Crippen LogP contribution in [0.25, 0.3) is 17.2 Å². The van der Waals surface area contributed by atoms with E-state index in [2.05, 4.69) is 47.6 Å². The van der Waals surface area contributed by atoms with Crippen LogP contribution in [0.5, 0.6) is 5.75 Å². The van der Waals surface area contributed by atoms with Gasteiger partial charge in [0.1, 0.15) is 0 Å². The average molecular weight is 390 g/mol. The second-order valence-electron chi connectivity index (χ2n) is 7.35. The SMILES string of the molecule is CCCCN1/C(=C/C=C/c2oc3ccccc3[n+]2CCCC)Oc2ccccc21. The third kappa shape index (κ3) is 4.07. The normalized spacial score (nSPS) is 14.8. The van der Waals surface area contributed by atoms with E-state index >= 15 is 0 Å². The molecule has 29 heavy (non-hydrogen) atoms. The topological polar surface area (TPSA) is 29.5 Å². The summed E-state index contributed by atoms with van der Waals surface area (Å²) in [5.74, 6) is 2.66. The van der Waals surface area contributed by atoms with E-state index in [0.717, 1.165) is 73.1 Å². The van der Waals surface area contributed by atoms with Gasteiger partial charge in [-0.2, -0.15) is 4.57 Å². The summed E-state index contributed by atoms with van der Waals surface area (Å²) in [6, 6.07) is 16.4.